The molecule has 0 saturated heterocycles. The highest BCUT2D eigenvalue weighted by Gasteiger charge is 2.20. The molecule has 7 nitrogen and oxygen atoms in total. The summed E-state index contributed by atoms with van der Waals surface area (Å²) in [6.45, 7) is 0.0248. The lowest BCUT2D eigenvalue weighted by molar-refractivity contribution is 0.608. The minimum Gasteiger partial charge on any atom is -0.423 e. The molecule has 0 aliphatic rings. The fourth-order valence-electron chi connectivity index (χ4n) is 3.44. The van der Waals surface area contributed by atoms with Gasteiger partial charge in [0, 0.05) is 17.6 Å². The van der Waals surface area contributed by atoms with Gasteiger partial charge in [-0.25, -0.2) is 9.18 Å². The van der Waals surface area contributed by atoms with E-state index in [1.807, 2.05) is 0 Å². The number of aromatic nitrogens is 4. The molecule has 0 radical (unpaired) electrons. The van der Waals surface area contributed by atoms with Gasteiger partial charge >= 0.3 is 11.5 Å². The smallest absolute Gasteiger partial charge is 0.332 e. The molecule has 0 aliphatic heterocycles. The zero-order valence-electron chi connectivity index (χ0n) is 15.7. The summed E-state index contributed by atoms with van der Waals surface area (Å²) in [7, 11) is 1.54. The Labute approximate surface area is 173 Å². The van der Waals surface area contributed by atoms with Gasteiger partial charge in [-0.15, -0.1) is 0 Å². The first-order chi connectivity index (χ1) is 14.4. The minimum absolute atomic E-state index is 0.0248. The van der Waals surface area contributed by atoms with E-state index < -0.39 is 11.2 Å². The molecule has 5 aromatic rings. The highest BCUT2D eigenvalue weighted by molar-refractivity contribution is 6.31. The number of fused-ring (bicyclic) bond motifs is 3. The first-order valence-electron chi connectivity index (χ1n) is 9.05. The number of rotatable bonds is 3. The maximum absolute atomic E-state index is 13.2. The molecule has 0 unspecified atom stereocenters. The van der Waals surface area contributed by atoms with E-state index in [0.29, 0.717) is 21.9 Å². The summed E-state index contributed by atoms with van der Waals surface area (Å²) < 4.78 is 22.9. The monoisotopic (exact) mass is 424 g/mol. The van der Waals surface area contributed by atoms with Gasteiger partial charge in [-0.3, -0.25) is 18.3 Å². The molecule has 0 spiro atoms. The molecule has 0 atom stereocenters. The summed E-state index contributed by atoms with van der Waals surface area (Å²) in [5, 5.41) is 0.465. The van der Waals surface area contributed by atoms with E-state index in [1.165, 1.54) is 21.1 Å². The van der Waals surface area contributed by atoms with Crippen molar-refractivity contribution < 1.29 is 8.81 Å². The van der Waals surface area contributed by atoms with E-state index in [9.17, 15) is 14.0 Å². The van der Waals surface area contributed by atoms with Crippen molar-refractivity contribution in [1.29, 1.82) is 0 Å². The standard InChI is InChI=1S/C21H14ClFN4O3/c1-25-18-17(19(28)27(21(25)29)10-13-4-2-3-5-15(13)22)26-11-16(30-20(26)24-18)12-6-8-14(23)9-7-12/h2-9,11H,10H2,1H3. The van der Waals surface area contributed by atoms with Crippen LogP contribution in [0.25, 0.3) is 28.3 Å². The van der Waals surface area contributed by atoms with Crippen LogP contribution in [0.3, 0.4) is 0 Å². The van der Waals surface area contributed by atoms with Gasteiger partial charge in [0.2, 0.25) is 0 Å². The number of halogens is 2. The van der Waals surface area contributed by atoms with Gasteiger partial charge in [-0.1, -0.05) is 29.8 Å². The SMILES string of the molecule is Cn1c(=O)n(Cc2ccccc2Cl)c(=O)c2c1nc1oc(-c3ccc(F)cc3)cn12. The molecule has 3 aromatic heterocycles. The Bertz CT molecular complexity index is 1540. The predicted octanol–water partition coefficient (Wildman–Crippen LogP) is 3.45. The molecule has 0 bridgehead atoms. The fourth-order valence-corrected chi connectivity index (χ4v) is 3.63. The van der Waals surface area contributed by atoms with E-state index in [2.05, 4.69) is 4.98 Å². The molecular weight excluding hydrogens is 411 g/mol. The van der Waals surface area contributed by atoms with Crippen LogP contribution >= 0.6 is 11.6 Å². The maximum atomic E-state index is 13.2. The summed E-state index contributed by atoms with van der Waals surface area (Å²) in [6, 6.07) is 12.8. The van der Waals surface area contributed by atoms with Crippen molar-refractivity contribution >= 4 is 28.6 Å². The lowest BCUT2D eigenvalue weighted by Gasteiger charge is -2.09. The van der Waals surface area contributed by atoms with Gasteiger partial charge in [-0.2, -0.15) is 4.98 Å². The second kappa shape index (κ2) is 6.70. The van der Waals surface area contributed by atoms with E-state index in [1.54, 1.807) is 49.6 Å². The summed E-state index contributed by atoms with van der Waals surface area (Å²) >= 11 is 6.21. The highest BCUT2D eigenvalue weighted by atomic mass is 35.5. The molecule has 0 fully saturated rings. The number of nitrogens with zero attached hydrogens (tertiary/aromatic N) is 4. The molecule has 30 heavy (non-hydrogen) atoms. The third kappa shape index (κ3) is 2.76. The first kappa shape index (κ1) is 18.4. The Balaban J connectivity index is 1.73. The summed E-state index contributed by atoms with van der Waals surface area (Å²) in [6.07, 6.45) is 1.60. The quantitative estimate of drug-likeness (QED) is 0.444. The molecular formula is C21H14ClFN4O3. The van der Waals surface area contributed by atoms with Crippen molar-refractivity contribution in [3.05, 3.63) is 92.0 Å². The van der Waals surface area contributed by atoms with Crippen LogP contribution in [0.1, 0.15) is 5.56 Å². The van der Waals surface area contributed by atoms with Crippen LogP contribution in [0.2, 0.25) is 5.02 Å². The Hall–Kier alpha value is -3.65. The summed E-state index contributed by atoms with van der Waals surface area (Å²) in [5.74, 6) is 0.218. The number of oxazole rings is 1. The largest absolute Gasteiger partial charge is 0.423 e. The van der Waals surface area contributed by atoms with Gasteiger partial charge in [0.1, 0.15) is 5.82 Å². The minimum atomic E-state index is -0.507. The van der Waals surface area contributed by atoms with Gasteiger partial charge in [-0.05, 0) is 35.9 Å². The Morgan fingerprint density at radius 2 is 1.83 bits per heavy atom. The second-order valence-electron chi connectivity index (χ2n) is 6.86. The normalized spacial score (nSPS) is 11.6. The number of aryl methyl sites for hydroxylation is 1. The van der Waals surface area contributed by atoms with E-state index in [-0.39, 0.29) is 29.4 Å². The van der Waals surface area contributed by atoms with Crippen LogP contribution in [0.4, 0.5) is 4.39 Å². The number of benzene rings is 2. The van der Waals surface area contributed by atoms with Crippen molar-refractivity contribution in [3.63, 3.8) is 0 Å². The van der Waals surface area contributed by atoms with E-state index in [0.717, 1.165) is 4.57 Å². The molecule has 2 aromatic carbocycles. The van der Waals surface area contributed by atoms with E-state index in [4.69, 9.17) is 16.0 Å². The predicted molar refractivity (Wildman–Crippen MR) is 110 cm³/mol. The molecule has 3 heterocycles. The Morgan fingerprint density at radius 1 is 1.10 bits per heavy atom. The van der Waals surface area contributed by atoms with Gasteiger partial charge in [0.25, 0.3) is 5.56 Å². The molecule has 0 N–H and O–H groups in total. The third-order valence-electron chi connectivity index (χ3n) is 5.01. The topological polar surface area (TPSA) is 74.4 Å². The van der Waals surface area contributed by atoms with Crippen LogP contribution in [0.5, 0.6) is 0 Å². The Kier molecular flexibility index (Phi) is 4.11. The van der Waals surface area contributed by atoms with Gasteiger partial charge < -0.3 is 4.42 Å². The lowest BCUT2D eigenvalue weighted by Crippen LogP contribution is -2.39. The van der Waals surface area contributed by atoms with Crippen molar-refractivity contribution in [2.75, 3.05) is 0 Å². The molecule has 0 aliphatic carbocycles. The number of hydrogen-bond donors (Lipinski definition) is 0. The summed E-state index contributed by atoms with van der Waals surface area (Å²) in [5.41, 5.74) is 0.689. The zero-order valence-corrected chi connectivity index (χ0v) is 16.4. The third-order valence-corrected chi connectivity index (χ3v) is 5.37. The van der Waals surface area contributed by atoms with Crippen LogP contribution in [-0.2, 0) is 13.6 Å². The molecule has 150 valence electrons. The second-order valence-corrected chi connectivity index (χ2v) is 7.27. The van der Waals surface area contributed by atoms with Crippen molar-refractivity contribution in [2.45, 2.75) is 6.54 Å². The van der Waals surface area contributed by atoms with Crippen LogP contribution in [0.15, 0.2) is 68.7 Å². The van der Waals surface area contributed by atoms with Crippen LogP contribution < -0.4 is 11.2 Å². The lowest BCUT2D eigenvalue weighted by atomic mass is 10.2. The van der Waals surface area contributed by atoms with Crippen molar-refractivity contribution in [1.82, 2.24) is 18.5 Å². The van der Waals surface area contributed by atoms with Gasteiger partial charge in [0.15, 0.2) is 16.9 Å². The van der Waals surface area contributed by atoms with Gasteiger partial charge in [0.05, 0.1) is 12.7 Å². The van der Waals surface area contributed by atoms with Crippen LogP contribution in [0, 0.1) is 5.82 Å². The average molecular weight is 425 g/mol. The maximum Gasteiger partial charge on any atom is 0.332 e. The van der Waals surface area contributed by atoms with E-state index >= 15 is 0 Å². The fraction of sp³-hybridized carbons (Fsp3) is 0.0952. The molecule has 0 saturated carbocycles. The summed E-state index contributed by atoms with van der Waals surface area (Å²) in [4.78, 5) is 30.4. The van der Waals surface area contributed by atoms with Crippen molar-refractivity contribution in [3.8, 4) is 11.3 Å². The van der Waals surface area contributed by atoms with Crippen molar-refractivity contribution in [2.24, 2.45) is 7.05 Å². The zero-order chi connectivity index (χ0) is 21.0. The first-order valence-corrected chi connectivity index (χ1v) is 9.42. The van der Waals surface area contributed by atoms with Crippen LogP contribution in [-0.4, -0.2) is 18.5 Å². The Morgan fingerprint density at radius 3 is 2.57 bits per heavy atom. The molecule has 9 heteroatoms. The number of imidazole rings is 1. The highest BCUT2D eigenvalue weighted by Crippen LogP contribution is 2.25. The molecule has 5 rings (SSSR count). The number of hydrogen-bond acceptors (Lipinski definition) is 4. The average Bonchev–Trinajstić information content (AvgIpc) is 3.29. The molecule has 0 amide bonds.